The number of hydrogen-bond donors (Lipinski definition) is 2. The third-order valence-electron chi connectivity index (χ3n) is 3.22. The highest BCUT2D eigenvalue weighted by atomic mass is 32.2. The predicted octanol–water partition coefficient (Wildman–Crippen LogP) is 1.45. The van der Waals surface area contributed by atoms with Gasteiger partial charge in [0.05, 0.1) is 18.6 Å². The van der Waals surface area contributed by atoms with E-state index in [1.165, 1.54) is 6.26 Å². The molecule has 0 fully saturated rings. The lowest BCUT2D eigenvalue weighted by atomic mass is 10.1. The molecule has 2 N–H and O–H groups in total. The standard InChI is InChI=1S/C16H20N2O4S/c19-16(9-8-14-5-2-1-3-6-14)17-10-12-23(20,21)18-13-15-7-4-11-22-15/h1-7,11,18H,8-10,12-13H2,(H,17,19). The van der Waals surface area contributed by atoms with Gasteiger partial charge < -0.3 is 9.73 Å². The van der Waals surface area contributed by atoms with E-state index in [2.05, 4.69) is 10.0 Å². The lowest BCUT2D eigenvalue weighted by molar-refractivity contribution is -0.120. The Morgan fingerprint density at radius 1 is 1.09 bits per heavy atom. The summed E-state index contributed by atoms with van der Waals surface area (Å²) in [5.74, 6) is 0.223. The summed E-state index contributed by atoms with van der Waals surface area (Å²) in [5.41, 5.74) is 1.08. The third-order valence-corrected chi connectivity index (χ3v) is 4.55. The highest BCUT2D eigenvalue weighted by Crippen LogP contribution is 2.02. The summed E-state index contributed by atoms with van der Waals surface area (Å²) in [6.45, 7) is 0.193. The first-order chi connectivity index (χ1) is 11.1. The number of carbonyl (C=O) groups is 1. The molecule has 6 nitrogen and oxygen atoms in total. The van der Waals surface area contributed by atoms with Crippen LogP contribution in [-0.4, -0.2) is 26.6 Å². The van der Waals surface area contributed by atoms with Gasteiger partial charge in [-0.05, 0) is 24.1 Å². The van der Waals surface area contributed by atoms with Gasteiger partial charge in [0.15, 0.2) is 0 Å². The van der Waals surface area contributed by atoms with E-state index in [-0.39, 0.29) is 24.7 Å². The maximum Gasteiger partial charge on any atom is 0.220 e. The van der Waals surface area contributed by atoms with Crippen molar-refractivity contribution >= 4 is 15.9 Å². The van der Waals surface area contributed by atoms with Crippen LogP contribution < -0.4 is 10.0 Å². The molecule has 23 heavy (non-hydrogen) atoms. The SMILES string of the molecule is O=C(CCc1ccccc1)NCCS(=O)(=O)NCc1ccco1. The fourth-order valence-corrected chi connectivity index (χ4v) is 2.86. The fourth-order valence-electron chi connectivity index (χ4n) is 1.98. The first-order valence-electron chi connectivity index (χ1n) is 7.35. The Morgan fingerprint density at radius 2 is 1.87 bits per heavy atom. The zero-order valence-electron chi connectivity index (χ0n) is 12.7. The summed E-state index contributed by atoms with van der Waals surface area (Å²) >= 11 is 0. The number of carbonyl (C=O) groups excluding carboxylic acids is 1. The van der Waals surface area contributed by atoms with E-state index >= 15 is 0 Å². The van der Waals surface area contributed by atoms with Crippen LogP contribution in [0, 0.1) is 0 Å². The zero-order valence-corrected chi connectivity index (χ0v) is 13.5. The Bertz CT molecular complexity index is 697. The number of sulfonamides is 1. The van der Waals surface area contributed by atoms with Gasteiger partial charge in [0.1, 0.15) is 5.76 Å². The van der Waals surface area contributed by atoms with Gasteiger partial charge in [-0.3, -0.25) is 4.79 Å². The number of aryl methyl sites for hydroxylation is 1. The monoisotopic (exact) mass is 336 g/mol. The second-order valence-electron chi connectivity index (χ2n) is 5.05. The zero-order chi connectivity index (χ0) is 16.5. The topological polar surface area (TPSA) is 88.4 Å². The number of benzene rings is 1. The largest absolute Gasteiger partial charge is 0.468 e. The Kier molecular flexibility index (Phi) is 6.37. The Balaban J connectivity index is 1.64. The Labute approximate surface area is 135 Å². The number of furan rings is 1. The molecule has 0 saturated carbocycles. The van der Waals surface area contributed by atoms with Crippen LogP contribution in [0.3, 0.4) is 0 Å². The number of hydrogen-bond acceptors (Lipinski definition) is 4. The van der Waals surface area contributed by atoms with Crippen molar-refractivity contribution in [1.82, 2.24) is 10.0 Å². The smallest absolute Gasteiger partial charge is 0.220 e. The maximum atomic E-state index is 11.8. The highest BCUT2D eigenvalue weighted by Gasteiger charge is 2.11. The third kappa shape index (κ3) is 6.66. The van der Waals surface area contributed by atoms with Crippen molar-refractivity contribution in [2.45, 2.75) is 19.4 Å². The predicted molar refractivity (Wildman–Crippen MR) is 87.1 cm³/mol. The van der Waals surface area contributed by atoms with Gasteiger partial charge in [0, 0.05) is 13.0 Å². The molecule has 1 heterocycles. The van der Waals surface area contributed by atoms with Crippen LogP contribution in [-0.2, 0) is 27.8 Å². The van der Waals surface area contributed by atoms with E-state index in [0.717, 1.165) is 5.56 Å². The van der Waals surface area contributed by atoms with Crippen molar-refractivity contribution in [1.29, 1.82) is 0 Å². The number of nitrogens with one attached hydrogen (secondary N) is 2. The van der Waals surface area contributed by atoms with Crippen LogP contribution in [0.15, 0.2) is 53.1 Å². The number of amides is 1. The molecule has 124 valence electrons. The van der Waals surface area contributed by atoms with Gasteiger partial charge in [0.2, 0.25) is 15.9 Å². The number of rotatable bonds is 9. The van der Waals surface area contributed by atoms with E-state index in [0.29, 0.717) is 18.6 Å². The normalized spacial score (nSPS) is 11.3. The van der Waals surface area contributed by atoms with Crippen LogP contribution >= 0.6 is 0 Å². The molecule has 0 bridgehead atoms. The van der Waals surface area contributed by atoms with Crippen molar-refractivity contribution in [3.05, 3.63) is 60.1 Å². The molecule has 1 aromatic carbocycles. The van der Waals surface area contributed by atoms with Gasteiger partial charge >= 0.3 is 0 Å². The van der Waals surface area contributed by atoms with Gasteiger partial charge in [-0.15, -0.1) is 0 Å². The van der Waals surface area contributed by atoms with Crippen LogP contribution in [0.25, 0.3) is 0 Å². The molecule has 0 radical (unpaired) electrons. The molecular formula is C16H20N2O4S. The molecule has 1 amide bonds. The van der Waals surface area contributed by atoms with Gasteiger partial charge in [-0.2, -0.15) is 0 Å². The summed E-state index contributed by atoms with van der Waals surface area (Å²) < 4.78 is 31.0. The molecule has 7 heteroatoms. The first kappa shape index (κ1) is 17.2. The summed E-state index contributed by atoms with van der Waals surface area (Å²) in [6.07, 6.45) is 2.46. The van der Waals surface area contributed by atoms with Crippen LogP contribution in [0.4, 0.5) is 0 Å². The van der Waals surface area contributed by atoms with Gasteiger partial charge in [0.25, 0.3) is 0 Å². The fraction of sp³-hybridized carbons (Fsp3) is 0.312. The van der Waals surface area contributed by atoms with Crippen molar-refractivity contribution in [2.24, 2.45) is 0 Å². The van der Waals surface area contributed by atoms with Crippen LogP contribution in [0.5, 0.6) is 0 Å². The van der Waals surface area contributed by atoms with Crippen molar-refractivity contribution in [2.75, 3.05) is 12.3 Å². The van der Waals surface area contributed by atoms with Crippen LogP contribution in [0.1, 0.15) is 17.7 Å². The van der Waals surface area contributed by atoms with E-state index in [4.69, 9.17) is 4.42 Å². The molecule has 1 aromatic heterocycles. The van der Waals surface area contributed by atoms with Crippen molar-refractivity contribution in [3.63, 3.8) is 0 Å². The van der Waals surface area contributed by atoms with Crippen molar-refractivity contribution < 1.29 is 17.6 Å². The molecule has 0 aliphatic rings. The molecule has 0 aliphatic carbocycles. The lowest BCUT2D eigenvalue weighted by Gasteiger charge is -2.07. The molecular weight excluding hydrogens is 316 g/mol. The minimum atomic E-state index is -3.45. The minimum absolute atomic E-state index is 0.0844. The first-order valence-corrected chi connectivity index (χ1v) is 9.01. The van der Waals surface area contributed by atoms with Crippen molar-refractivity contribution in [3.8, 4) is 0 Å². The van der Waals surface area contributed by atoms with E-state index in [1.807, 2.05) is 30.3 Å². The van der Waals surface area contributed by atoms with E-state index in [9.17, 15) is 13.2 Å². The minimum Gasteiger partial charge on any atom is -0.468 e. The molecule has 0 atom stereocenters. The average Bonchev–Trinajstić information content (AvgIpc) is 3.05. The summed E-state index contributed by atoms with van der Waals surface area (Å²) in [7, 11) is -3.45. The Hall–Kier alpha value is -2.12. The van der Waals surface area contributed by atoms with Gasteiger partial charge in [-0.1, -0.05) is 30.3 Å². The van der Waals surface area contributed by atoms with Crippen LogP contribution in [0.2, 0.25) is 0 Å². The molecule has 0 spiro atoms. The van der Waals surface area contributed by atoms with E-state index < -0.39 is 10.0 Å². The second kappa shape index (κ2) is 8.50. The molecule has 0 unspecified atom stereocenters. The molecule has 2 rings (SSSR count). The van der Waals surface area contributed by atoms with Gasteiger partial charge in [-0.25, -0.2) is 13.1 Å². The van der Waals surface area contributed by atoms with E-state index in [1.54, 1.807) is 12.1 Å². The second-order valence-corrected chi connectivity index (χ2v) is 6.98. The highest BCUT2D eigenvalue weighted by molar-refractivity contribution is 7.89. The molecule has 2 aromatic rings. The summed E-state index contributed by atoms with van der Waals surface area (Å²) in [4.78, 5) is 11.7. The molecule has 0 saturated heterocycles. The summed E-state index contributed by atoms with van der Waals surface area (Å²) in [6, 6.07) is 13.1. The summed E-state index contributed by atoms with van der Waals surface area (Å²) in [5, 5.41) is 2.62. The lowest BCUT2D eigenvalue weighted by Crippen LogP contribution is -2.34. The molecule has 0 aliphatic heterocycles. The maximum absolute atomic E-state index is 11.8. The average molecular weight is 336 g/mol. The Morgan fingerprint density at radius 3 is 2.57 bits per heavy atom. The quantitative estimate of drug-likeness (QED) is 0.725.